The van der Waals surface area contributed by atoms with E-state index in [1.165, 1.54) is 6.07 Å². The van der Waals surface area contributed by atoms with E-state index in [0.29, 0.717) is 22.0 Å². The Morgan fingerprint density at radius 2 is 2.05 bits per heavy atom. The molecule has 0 fully saturated rings. The molecule has 0 unspecified atom stereocenters. The van der Waals surface area contributed by atoms with Crippen LogP contribution in [0.15, 0.2) is 36.4 Å². The van der Waals surface area contributed by atoms with E-state index in [9.17, 15) is 4.39 Å². The number of halogens is 2. The minimum atomic E-state index is -0.357. The SMILES string of the molecule is CCc1cc(OCc2c(N)cccc2F)ccc1Cl. The minimum absolute atomic E-state index is 0.100. The van der Waals surface area contributed by atoms with Crippen LogP contribution in [0.4, 0.5) is 10.1 Å². The third-order valence-corrected chi connectivity index (χ3v) is 3.31. The van der Waals surface area contributed by atoms with Crippen LogP contribution in [0.5, 0.6) is 5.75 Å². The van der Waals surface area contributed by atoms with Gasteiger partial charge < -0.3 is 10.5 Å². The van der Waals surface area contributed by atoms with Gasteiger partial charge in [-0.25, -0.2) is 4.39 Å². The average Bonchev–Trinajstić information content (AvgIpc) is 2.40. The number of nitrogen functional groups attached to an aromatic ring is 1. The molecule has 4 heteroatoms. The van der Waals surface area contributed by atoms with Crippen LogP contribution in [0, 0.1) is 5.82 Å². The molecule has 0 amide bonds. The average molecular weight is 280 g/mol. The molecule has 2 N–H and O–H groups in total. The molecule has 19 heavy (non-hydrogen) atoms. The lowest BCUT2D eigenvalue weighted by Gasteiger charge is -2.11. The first kappa shape index (κ1) is 13.7. The van der Waals surface area contributed by atoms with Crippen LogP contribution >= 0.6 is 11.6 Å². The summed E-state index contributed by atoms with van der Waals surface area (Å²) in [5, 5.41) is 0.709. The molecule has 2 nitrogen and oxygen atoms in total. The predicted molar refractivity (Wildman–Crippen MR) is 76.0 cm³/mol. The summed E-state index contributed by atoms with van der Waals surface area (Å²) < 4.78 is 19.2. The molecule has 0 radical (unpaired) electrons. The summed E-state index contributed by atoms with van der Waals surface area (Å²) in [7, 11) is 0. The predicted octanol–water partition coefficient (Wildman–Crippen LogP) is 4.20. The van der Waals surface area contributed by atoms with Crippen LogP contribution < -0.4 is 10.5 Å². The molecule has 0 heterocycles. The highest BCUT2D eigenvalue weighted by atomic mass is 35.5. The summed E-state index contributed by atoms with van der Waals surface area (Å²) in [6.45, 7) is 2.11. The fourth-order valence-electron chi connectivity index (χ4n) is 1.79. The van der Waals surface area contributed by atoms with E-state index < -0.39 is 0 Å². The van der Waals surface area contributed by atoms with Crippen LogP contribution in [0.3, 0.4) is 0 Å². The molecule has 0 atom stereocenters. The van der Waals surface area contributed by atoms with E-state index in [1.54, 1.807) is 24.3 Å². The first-order valence-electron chi connectivity index (χ1n) is 6.06. The Morgan fingerprint density at radius 1 is 1.26 bits per heavy atom. The quantitative estimate of drug-likeness (QED) is 0.851. The highest BCUT2D eigenvalue weighted by Gasteiger charge is 2.07. The number of anilines is 1. The number of benzene rings is 2. The van der Waals surface area contributed by atoms with Crippen LogP contribution in [0.25, 0.3) is 0 Å². The molecular formula is C15H15ClFNO. The van der Waals surface area contributed by atoms with Gasteiger partial charge in [0, 0.05) is 16.3 Å². The molecular weight excluding hydrogens is 265 g/mol. The molecule has 0 aliphatic heterocycles. The van der Waals surface area contributed by atoms with Crippen molar-refractivity contribution in [1.29, 1.82) is 0 Å². The second-order valence-electron chi connectivity index (χ2n) is 4.20. The lowest BCUT2D eigenvalue weighted by atomic mass is 10.1. The highest BCUT2D eigenvalue weighted by molar-refractivity contribution is 6.31. The van der Waals surface area contributed by atoms with Gasteiger partial charge in [-0.1, -0.05) is 24.6 Å². The number of aryl methyl sites for hydroxylation is 1. The van der Waals surface area contributed by atoms with Crippen molar-refractivity contribution in [2.24, 2.45) is 0 Å². The van der Waals surface area contributed by atoms with Gasteiger partial charge in [-0.05, 0) is 42.3 Å². The van der Waals surface area contributed by atoms with Gasteiger partial charge in [0.2, 0.25) is 0 Å². The van der Waals surface area contributed by atoms with Crippen molar-refractivity contribution in [2.75, 3.05) is 5.73 Å². The summed E-state index contributed by atoms with van der Waals surface area (Å²) >= 11 is 6.03. The number of nitrogens with two attached hydrogens (primary N) is 1. The van der Waals surface area contributed by atoms with Crippen molar-refractivity contribution in [3.05, 3.63) is 58.4 Å². The fraction of sp³-hybridized carbons (Fsp3) is 0.200. The third kappa shape index (κ3) is 3.18. The third-order valence-electron chi connectivity index (χ3n) is 2.94. The van der Waals surface area contributed by atoms with Crippen molar-refractivity contribution < 1.29 is 9.13 Å². The molecule has 2 aromatic carbocycles. The van der Waals surface area contributed by atoms with Crippen LogP contribution in [0.2, 0.25) is 5.02 Å². The Morgan fingerprint density at radius 3 is 2.74 bits per heavy atom. The van der Waals surface area contributed by atoms with Crippen molar-refractivity contribution in [3.8, 4) is 5.75 Å². The van der Waals surface area contributed by atoms with E-state index in [1.807, 2.05) is 13.0 Å². The summed E-state index contributed by atoms with van der Waals surface area (Å²) in [5.74, 6) is 0.300. The monoisotopic (exact) mass is 279 g/mol. The Bertz CT molecular complexity index is 566. The molecule has 0 saturated heterocycles. The zero-order valence-electron chi connectivity index (χ0n) is 10.6. The number of hydrogen-bond donors (Lipinski definition) is 1. The molecule has 0 aliphatic carbocycles. The molecule has 0 bridgehead atoms. The molecule has 2 aromatic rings. The summed E-state index contributed by atoms with van der Waals surface area (Å²) in [5.41, 5.74) is 7.49. The largest absolute Gasteiger partial charge is 0.489 e. The number of hydrogen-bond acceptors (Lipinski definition) is 2. The summed E-state index contributed by atoms with van der Waals surface area (Å²) in [4.78, 5) is 0. The maximum atomic E-state index is 13.6. The van der Waals surface area contributed by atoms with Gasteiger partial charge in [0.15, 0.2) is 0 Å². The Balaban J connectivity index is 2.15. The van der Waals surface area contributed by atoms with Crippen molar-refractivity contribution in [1.82, 2.24) is 0 Å². The van der Waals surface area contributed by atoms with Crippen LogP contribution in [0.1, 0.15) is 18.1 Å². The minimum Gasteiger partial charge on any atom is -0.489 e. The smallest absolute Gasteiger partial charge is 0.131 e. The van der Waals surface area contributed by atoms with Crippen molar-refractivity contribution >= 4 is 17.3 Å². The highest BCUT2D eigenvalue weighted by Crippen LogP contribution is 2.24. The van der Waals surface area contributed by atoms with Crippen molar-refractivity contribution in [3.63, 3.8) is 0 Å². The first-order chi connectivity index (χ1) is 9.11. The Kier molecular flexibility index (Phi) is 4.27. The van der Waals surface area contributed by atoms with Crippen LogP contribution in [-0.4, -0.2) is 0 Å². The number of ether oxygens (including phenoxy) is 1. The molecule has 0 aromatic heterocycles. The second kappa shape index (κ2) is 5.93. The molecule has 0 saturated carbocycles. The van der Waals surface area contributed by atoms with Crippen molar-refractivity contribution in [2.45, 2.75) is 20.0 Å². The van der Waals surface area contributed by atoms with E-state index >= 15 is 0 Å². The summed E-state index contributed by atoms with van der Waals surface area (Å²) in [6, 6.07) is 10.00. The lowest BCUT2D eigenvalue weighted by molar-refractivity contribution is 0.300. The van der Waals surface area contributed by atoms with Gasteiger partial charge in [0.1, 0.15) is 18.2 Å². The zero-order chi connectivity index (χ0) is 13.8. The molecule has 0 spiro atoms. The van der Waals surface area contributed by atoms with Gasteiger partial charge in [0.05, 0.1) is 0 Å². The Labute approximate surface area is 117 Å². The maximum Gasteiger partial charge on any atom is 0.131 e. The zero-order valence-corrected chi connectivity index (χ0v) is 11.4. The first-order valence-corrected chi connectivity index (χ1v) is 6.43. The topological polar surface area (TPSA) is 35.2 Å². The van der Waals surface area contributed by atoms with Gasteiger partial charge >= 0.3 is 0 Å². The molecule has 2 rings (SSSR count). The standard InChI is InChI=1S/C15H15ClFNO/c1-2-10-8-11(6-7-13(10)16)19-9-12-14(17)4-3-5-15(12)18/h3-8H,2,9,18H2,1H3. The normalized spacial score (nSPS) is 10.5. The van der Waals surface area contributed by atoms with Gasteiger partial charge in [-0.3, -0.25) is 0 Å². The molecule has 0 aliphatic rings. The lowest BCUT2D eigenvalue weighted by Crippen LogP contribution is -2.03. The van der Waals surface area contributed by atoms with E-state index in [4.69, 9.17) is 22.1 Å². The van der Waals surface area contributed by atoms with Gasteiger partial charge in [0.25, 0.3) is 0 Å². The Hall–Kier alpha value is -1.74. The van der Waals surface area contributed by atoms with Gasteiger partial charge in [-0.15, -0.1) is 0 Å². The molecule has 100 valence electrons. The van der Waals surface area contributed by atoms with E-state index in [-0.39, 0.29) is 12.4 Å². The summed E-state index contributed by atoms with van der Waals surface area (Å²) in [6.07, 6.45) is 0.817. The van der Waals surface area contributed by atoms with Gasteiger partial charge in [-0.2, -0.15) is 0 Å². The maximum absolute atomic E-state index is 13.6. The second-order valence-corrected chi connectivity index (χ2v) is 4.61. The van der Waals surface area contributed by atoms with Crippen LogP contribution in [-0.2, 0) is 13.0 Å². The fourth-order valence-corrected chi connectivity index (χ4v) is 2.05. The van der Waals surface area contributed by atoms with E-state index in [2.05, 4.69) is 0 Å². The van der Waals surface area contributed by atoms with E-state index in [0.717, 1.165) is 12.0 Å². The number of rotatable bonds is 4.